The minimum Gasteiger partial charge on any atom is -0.443 e. The molecule has 2 aromatic rings. The minimum atomic E-state index is -0.720. The maximum Gasteiger partial charge on any atom is 0.405 e. The van der Waals surface area contributed by atoms with Crippen molar-refractivity contribution in [1.29, 1.82) is 0 Å². The van der Waals surface area contributed by atoms with Crippen LogP contribution in [0.1, 0.15) is 57.9 Å². The molecule has 0 aliphatic heterocycles. The van der Waals surface area contributed by atoms with E-state index >= 15 is 0 Å². The molecule has 2 heterocycles. The Kier molecular flexibility index (Phi) is 4.97. The van der Waals surface area contributed by atoms with E-state index in [1.165, 1.54) is 6.33 Å². The van der Waals surface area contributed by atoms with Gasteiger partial charge in [-0.25, -0.2) is 14.8 Å². The smallest absolute Gasteiger partial charge is 0.405 e. The number of amides is 1. The molecule has 8 nitrogen and oxygen atoms in total. The van der Waals surface area contributed by atoms with Crippen molar-refractivity contribution < 1.29 is 19.0 Å². The Morgan fingerprint density at radius 1 is 1.25 bits per heavy atom. The van der Waals surface area contributed by atoms with Gasteiger partial charge in [-0.05, 0) is 45.6 Å². The minimum absolute atomic E-state index is 0.253. The molecule has 9 heteroatoms. The standard InChI is InChI=1S/C19H25ClN4O4/c1-3-26-16(27-4-2)13-9-12-14(20)22-11-23-15(12)24(13)18-5-7-19(10-18,8-6-18)28-17(21)25/h9,11,16H,3-8,10H2,1-2H3,(H2,21,25). The summed E-state index contributed by atoms with van der Waals surface area (Å²) in [6.07, 6.45) is 4.13. The fraction of sp³-hybridized carbons (Fsp3) is 0.632. The van der Waals surface area contributed by atoms with E-state index in [9.17, 15) is 4.79 Å². The largest absolute Gasteiger partial charge is 0.443 e. The lowest BCUT2D eigenvalue weighted by Gasteiger charge is -2.33. The zero-order valence-corrected chi connectivity index (χ0v) is 16.9. The SMILES string of the molecule is CCOC(OCC)c1cc2c(Cl)ncnc2n1C12CCC(OC(N)=O)(CC1)C2. The second-order valence-electron chi connectivity index (χ2n) is 7.55. The molecule has 1 amide bonds. The normalized spacial score (nSPS) is 26.4. The zero-order chi connectivity index (χ0) is 19.9. The molecular weight excluding hydrogens is 384 g/mol. The number of carbonyl (C=O) groups excluding carboxylic acids is 1. The molecule has 2 bridgehead atoms. The summed E-state index contributed by atoms with van der Waals surface area (Å²) < 4.78 is 19.5. The van der Waals surface area contributed by atoms with Gasteiger partial charge in [-0.1, -0.05) is 11.6 Å². The summed E-state index contributed by atoms with van der Waals surface area (Å²) in [6, 6.07) is 1.95. The number of hydrogen-bond acceptors (Lipinski definition) is 6. The fourth-order valence-corrected chi connectivity index (χ4v) is 5.16. The average molecular weight is 409 g/mol. The summed E-state index contributed by atoms with van der Waals surface area (Å²) in [6.45, 7) is 4.88. The first-order valence-corrected chi connectivity index (χ1v) is 10.1. The van der Waals surface area contributed by atoms with Crippen molar-refractivity contribution in [2.24, 2.45) is 5.73 Å². The van der Waals surface area contributed by atoms with Crippen molar-refractivity contribution >= 4 is 28.7 Å². The van der Waals surface area contributed by atoms with E-state index in [0.29, 0.717) is 24.8 Å². The molecule has 0 unspecified atom stereocenters. The van der Waals surface area contributed by atoms with Crippen molar-refractivity contribution in [3.63, 3.8) is 0 Å². The van der Waals surface area contributed by atoms with E-state index in [1.807, 2.05) is 19.9 Å². The van der Waals surface area contributed by atoms with Gasteiger partial charge in [0.2, 0.25) is 0 Å². The van der Waals surface area contributed by atoms with Gasteiger partial charge in [0.1, 0.15) is 22.7 Å². The van der Waals surface area contributed by atoms with Crippen LogP contribution in [-0.4, -0.2) is 39.4 Å². The summed E-state index contributed by atoms with van der Waals surface area (Å²) in [5.41, 5.74) is 6.18. The molecule has 2 saturated carbocycles. The maximum atomic E-state index is 11.4. The maximum absolute atomic E-state index is 11.4. The Labute approximate surface area is 168 Å². The third kappa shape index (κ3) is 3.03. The molecule has 2 fully saturated rings. The number of rotatable bonds is 7. The van der Waals surface area contributed by atoms with Crippen LogP contribution in [-0.2, 0) is 19.7 Å². The van der Waals surface area contributed by atoms with Gasteiger partial charge >= 0.3 is 6.09 Å². The van der Waals surface area contributed by atoms with Crippen molar-refractivity contribution in [3.05, 3.63) is 23.2 Å². The summed E-state index contributed by atoms with van der Waals surface area (Å²) in [5, 5.41) is 1.15. The molecule has 2 aliphatic rings. The summed E-state index contributed by atoms with van der Waals surface area (Å²) in [5.74, 6) is 0. The monoisotopic (exact) mass is 408 g/mol. The first-order valence-electron chi connectivity index (χ1n) is 9.67. The van der Waals surface area contributed by atoms with E-state index in [-0.39, 0.29) is 5.54 Å². The molecule has 0 atom stereocenters. The molecular formula is C19H25ClN4O4. The van der Waals surface area contributed by atoms with Gasteiger partial charge in [0.15, 0.2) is 6.29 Å². The van der Waals surface area contributed by atoms with Gasteiger partial charge in [-0.2, -0.15) is 0 Å². The van der Waals surface area contributed by atoms with Crippen molar-refractivity contribution in [1.82, 2.24) is 14.5 Å². The van der Waals surface area contributed by atoms with Gasteiger partial charge < -0.3 is 24.5 Å². The number of primary amides is 1. The highest BCUT2D eigenvalue weighted by atomic mass is 35.5. The number of fused-ring (bicyclic) bond motifs is 3. The quantitative estimate of drug-likeness (QED) is 0.554. The predicted octanol–water partition coefficient (Wildman–Crippen LogP) is 3.66. The van der Waals surface area contributed by atoms with Crippen LogP contribution in [0.5, 0.6) is 0 Å². The zero-order valence-electron chi connectivity index (χ0n) is 16.1. The van der Waals surface area contributed by atoms with Crippen molar-refractivity contribution in [3.8, 4) is 0 Å². The summed E-state index contributed by atoms with van der Waals surface area (Å²) in [7, 11) is 0. The van der Waals surface area contributed by atoms with Gasteiger partial charge in [-0.3, -0.25) is 0 Å². The molecule has 0 saturated heterocycles. The molecule has 2 aromatic heterocycles. The summed E-state index contributed by atoms with van der Waals surface area (Å²) >= 11 is 6.37. The third-order valence-corrected chi connectivity index (χ3v) is 6.29. The topological polar surface area (TPSA) is 101 Å². The number of halogens is 1. The number of ether oxygens (including phenoxy) is 3. The van der Waals surface area contributed by atoms with Gasteiger partial charge in [0, 0.05) is 19.6 Å². The van der Waals surface area contributed by atoms with Crippen LogP contribution in [0.3, 0.4) is 0 Å². The predicted molar refractivity (Wildman–Crippen MR) is 103 cm³/mol. The van der Waals surface area contributed by atoms with E-state index in [0.717, 1.165) is 42.4 Å². The van der Waals surface area contributed by atoms with Gasteiger partial charge in [0.25, 0.3) is 0 Å². The summed E-state index contributed by atoms with van der Waals surface area (Å²) in [4.78, 5) is 20.1. The van der Waals surface area contributed by atoms with E-state index < -0.39 is 18.0 Å². The van der Waals surface area contributed by atoms with Crippen molar-refractivity contribution in [2.75, 3.05) is 13.2 Å². The molecule has 152 valence electrons. The van der Waals surface area contributed by atoms with Crippen LogP contribution in [0.4, 0.5) is 4.79 Å². The lowest BCUT2D eigenvalue weighted by atomic mass is 9.92. The lowest BCUT2D eigenvalue weighted by molar-refractivity contribution is -0.145. The highest BCUT2D eigenvalue weighted by Gasteiger charge is 2.58. The van der Waals surface area contributed by atoms with E-state index in [1.54, 1.807) is 0 Å². The lowest BCUT2D eigenvalue weighted by Crippen LogP contribution is -2.32. The van der Waals surface area contributed by atoms with Gasteiger partial charge in [-0.15, -0.1) is 0 Å². The van der Waals surface area contributed by atoms with Crippen LogP contribution in [0.25, 0.3) is 11.0 Å². The Morgan fingerprint density at radius 3 is 2.54 bits per heavy atom. The highest BCUT2D eigenvalue weighted by Crippen LogP contribution is 2.58. The Bertz CT molecular complexity index is 885. The number of nitrogens with zero attached hydrogens (tertiary/aromatic N) is 3. The molecule has 2 aliphatic carbocycles. The van der Waals surface area contributed by atoms with Crippen LogP contribution in [0.2, 0.25) is 5.15 Å². The Hall–Kier alpha value is -1.90. The third-order valence-electron chi connectivity index (χ3n) is 5.99. The van der Waals surface area contributed by atoms with Crippen LogP contribution < -0.4 is 5.73 Å². The number of nitrogens with two attached hydrogens (primary N) is 1. The molecule has 0 aromatic carbocycles. The van der Waals surface area contributed by atoms with Gasteiger partial charge in [0.05, 0.1) is 16.6 Å². The molecule has 4 rings (SSSR count). The number of carbonyl (C=O) groups is 1. The number of hydrogen-bond donors (Lipinski definition) is 1. The van der Waals surface area contributed by atoms with Crippen LogP contribution in [0.15, 0.2) is 12.4 Å². The molecule has 2 N–H and O–H groups in total. The molecule has 0 spiro atoms. The highest BCUT2D eigenvalue weighted by molar-refractivity contribution is 6.34. The molecule has 28 heavy (non-hydrogen) atoms. The molecule has 0 radical (unpaired) electrons. The Balaban J connectivity index is 1.85. The number of aromatic nitrogens is 3. The Morgan fingerprint density at radius 2 is 1.93 bits per heavy atom. The van der Waals surface area contributed by atoms with E-state index in [4.69, 9.17) is 31.5 Å². The van der Waals surface area contributed by atoms with Crippen LogP contribution in [0, 0.1) is 0 Å². The average Bonchev–Trinajstić information content (AvgIpc) is 3.31. The first kappa shape index (κ1) is 19.4. The second kappa shape index (κ2) is 7.17. The van der Waals surface area contributed by atoms with Crippen LogP contribution >= 0.6 is 11.6 Å². The van der Waals surface area contributed by atoms with E-state index in [2.05, 4.69) is 14.5 Å². The van der Waals surface area contributed by atoms with Crippen molar-refractivity contribution in [2.45, 2.75) is 63.4 Å². The fourth-order valence-electron chi connectivity index (χ4n) is 4.97. The first-order chi connectivity index (χ1) is 13.4. The second-order valence-corrected chi connectivity index (χ2v) is 7.91.